The summed E-state index contributed by atoms with van der Waals surface area (Å²) in [5, 5.41) is 13.5. The lowest BCUT2D eigenvalue weighted by Crippen LogP contribution is -2.41. The number of hydrogen-bond donors (Lipinski definition) is 1. The number of aliphatic hydroxyl groups excluding tert-OH is 1. The minimum atomic E-state index is -0.179. The highest BCUT2D eigenvalue weighted by molar-refractivity contribution is 7.99. The molecule has 72 valence electrons. The Morgan fingerprint density at radius 1 is 1.46 bits per heavy atom. The summed E-state index contributed by atoms with van der Waals surface area (Å²) in [5.74, 6) is 2.20. The van der Waals surface area contributed by atoms with E-state index in [1.807, 2.05) is 16.4 Å². The molecule has 1 fully saturated rings. The van der Waals surface area contributed by atoms with E-state index in [2.05, 4.69) is 10.1 Å². The number of hydrogen-bond acceptors (Lipinski definition) is 4. The van der Waals surface area contributed by atoms with Crippen molar-refractivity contribution in [2.24, 2.45) is 0 Å². The van der Waals surface area contributed by atoms with Crippen LogP contribution in [0.1, 0.15) is 12.8 Å². The highest BCUT2D eigenvalue weighted by atomic mass is 32.2. The van der Waals surface area contributed by atoms with E-state index in [0.29, 0.717) is 0 Å². The molecule has 0 unspecified atom stereocenters. The maximum atomic E-state index is 9.42. The van der Waals surface area contributed by atoms with Gasteiger partial charge in [-0.05, 0) is 24.3 Å². The van der Waals surface area contributed by atoms with Crippen molar-refractivity contribution in [1.29, 1.82) is 0 Å². The molecular formula is C8H13N3OS. The van der Waals surface area contributed by atoms with Crippen LogP contribution in [0, 0.1) is 0 Å². The van der Waals surface area contributed by atoms with Crippen LogP contribution >= 0.6 is 11.8 Å². The number of nitrogens with zero attached hydrogens (tertiary/aromatic N) is 3. The predicted molar refractivity (Wildman–Crippen MR) is 51.6 cm³/mol. The fraction of sp³-hybridized carbons (Fsp3) is 0.750. The van der Waals surface area contributed by atoms with Crippen LogP contribution in [0.15, 0.2) is 12.7 Å². The molecule has 2 heterocycles. The molecule has 2 rings (SSSR count). The molecule has 0 aromatic carbocycles. The molecule has 0 aliphatic carbocycles. The summed E-state index contributed by atoms with van der Waals surface area (Å²) in [6, 6.07) is 0. The maximum Gasteiger partial charge on any atom is 0.137 e. The van der Waals surface area contributed by atoms with E-state index in [0.717, 1.165) is 24.3 Å². The first-order valence-electron chi connectivity index (χ1n) is 4.41. The van der Waals surface area contributed by atoms with Crippen molar-refractivity contribution in [1.82, 2.24) is 14.8 Å². The van der Waals surface area contributed by atoms with Gasteiger partial charge in [-0.25, -0.2) is 9.67 Å². The lowest BCUT2D eigenvalue weighted by Gasteiger charge is -2.34. The molecule has 0 bridgehead atoms. The lowest BCUT2D eigenvalue weighted by atomic mass is 9.94. The third kappa shape index (κ3) is 1.58. The zero-order chi connectivity index (χ0) is 9.15. The van der Waals surface area contributed by atoms with Crippen LogP contribution in [-0.4, -0.2) is 38.0 Å². The molecule has 5 heteroatoms. The van der Waals surface area contributed by atoms with E-state index in [9.17, 15) is 5.11 Å². The smallest absolute Gasteiger partial charge is 0.137 e. The third-order valence-corrected chi connectivity index (χ3v) is 3.61. The van der Waals surface area contributed by atoms with Crippen LogP contribution in [0.4, 0.5) is 0 Å². The highest BCUT2D eigenvalue weighted by Gasteiger charge is 2.34. The van der Waals surface area contributed by atoms with Gasteiger partial charge >= 0.3 is 0 Å². The Hall–Kier alpha value is -0.550. The SMILES string of the molecule is OCC1(n2cncn2)CCSCC1. The van der Waals surface area contributed by atoms with Gasteiger partial charge in [0.25, 0.3) is 0 Å². The minimum absolute atomic E-state index is 0.164. The Labute approximate surface area is 81.4 Å². The third-order valence-electron chi connectivity index (χ3n) is 2.62. The predicted octanol–water partition coefficient (Wildman–Crippen LogP) is 0.493. The molecule has 0 atom stereocenters. The highest BCUT2D eigenvalue weighted by Crippen LogP contribution is 2.32. The van der Waals surface area contributed by atoms with Gasteiger partial charge < -0.3 is 5.11 Å². The van der Waals surface area contributed by atoms with Crippen molar-refractivity contribution in [2.75, 3.05) is 18.1 Å². The molecule has 0 radical (unpaired) electrons. The van der Waals surface area contributed by atoms with Gasteiger partial charge in [-0.2, -0.15) is 16.9 Å². The Morgan fingerprint density at radius 2 is 2.23 bits per heavy atom. The number of aromatic nitrogens is 3. The van der Waals surface area contributed by atoms with Crippen molar-refractivity contribution in [2.45, 2.75) is 18.4 Å². The lowest BCUT2D eigenvalue weighted by molar-refractivity contribution is 0.109. The summed E-state index contributed by atoms with van der Waals surface area (Å²) in [5.41, 5.74) is -0.179. The Morgan fingerprint density at radius 3 is 2.77 bits per heavy atom. The summed E-state index contributed by atoms with van der Waals surface area (Å²) in [6.07, 6.45) is 5.19. The first-order chi connectivity index (χ1) is 6.37. The second-order valence-electron chi connectivity index (χ2n) is 3.33. The van der Waals surface area contributed by atoms with Crippen LogP contribution in [0.25, 0.3) is 0 Å². The van der Waals surface area contributed by atoms with E-state index < -0.39 is 0 Å². The van der Waals surface area contributed by atoms with Crippen molar-refractivity contribution in [3.05, 3.63) is 12.7 Å². The van der Waals surface area contributed by atoms with E-state index in [1.165, 1.54) is 6.33 Å². The first-order valence-corrected chi connectivity index (χ1v) is 5.57. The normalized spacial score (nSPS) is 21.6. The largest absolute Gasteiger partial charge is 0.394 e. The van der Waals surface area contributed by atoms with E-state index in [4.69, 9.17) is 0 Å². The number of aliphatic hydroxyl groups is 1. The van der Waals surface area contributed by atoms with Crippen LogP contribution < -0.4 is 0 Å². The molecule has 1 saturated heterocycles. The minimum Gasteiger partial charge on any atom is -0.394 e. The monoisotopic (exact) mass is 199 g/mol. The van der Waals surface area contributed by atoms with Crippen molar-refractivity contribution in [3.8, 4) is 0 Å². The molecule has 0 amide bonds. The van der Waals surface area contributed by atoms with Crippen LogP contribution in [0.3, 0.4) is 0 Å². The van der Waals surface area contributed by atoms with Crippen molar-refractivity contribution >= 4 is 11.8 Å². The van der Waals surface area contributed by atoms with Crippen LogP contribution in [0.5, 0.6) is 0 Å². The average molecular weight is 199 g/mol. The van der Waals surface area contributed by atoms with Gasteiger partial charge in [0.1, 0.15) is 12.7 Å². The molecule has 1 aliphatic rings. The van der Waals surface area contributed by atoms with Gasteiger partial charge in [-0.15, -0.1) is 0 Å². The molecule has 1 aliphatic heterocycles. The van der Waals surface area contributed by atoms with Crippen molar-refractivity contribution < 1.29 is 5.11 Å². The Bertz CT molecular complexity index is 256. The van der Waals surface area contributed by atoms with E-state index in [-0.39, 0.29) is 12.1 Å². The second-order valence-corrected chi connectivity index (χ2v) is 4.56. The molecule has 4 nitrogen and oxygen atoms in total. The Kier molecular flexibility index (Phi) is 2.55. The Balaban J connectivity index is 2.23. The summed E-state index contributed by atoms with van der Waals surface area (Å²) >= 11 is 1.94. The molecule has 0 saturated carbocycles. The summed E-state index contributed by atoms with van der Waals surface area (Å²) in [6.45, 7) is 0.164. The zero-order valence-electron chi connectivity index (χ0n) is 7.39. The fourth-order valence-corrected chi connectivity index (χ4v) is 2.92. The molecule has 0 spiro atoms. The molecule has 13 heavy (non-hydrogen) atoms. The molecule has 1 N–H and O–H groups in total. The van der Waals surface area contributed by atoms with E-state index in [1.54, 1.807) is 6.33 Å². The summed E-state index contributed by atoms with van der Waals surface area (Å²) < 4.78 is 1.81. The van der Waals surface area contributed by atoms with Gasteiger partial charge in [-0.1, -0.05) is 0 Å². The van der Waals surface area contributed by atoms with Gasteiger partial charge in [0, 0.05) is 0 Å². The van der Waals surface area contributed by atoms with Crippen molar-refractivity contribution in [3.63, 3.8) is 0 Å². The first kappa shape index (κ1) is 9.02. The van der Waals surface area contributed by atoms with Crippen LogP contribution in [0.2, 0.25) is 0 Å². The number of rotatable bonds is 2. The summed E-state index contributed by atoms with van der Waals surface area (Å²) in [7, 11) is 0. The maximum absolute atomic E-state index is 9.42. The average Bonchev–Trinajstić information content (AvgIpc) is 2.72. The molecular weight excluding hydrogens is 186 g/mol. The second kappa shape index (κ2) is 3.67. The van der Waals surface area contributed by atoms with E-state index >= 15 is 0 Å². The molecule has 1 aromatic rings. The number of thioether (sulfide) groups is 1. The molecule has 1 aromatic heterocycles. The standard InChI is InChI=1S/C8H13N3OS/c12-5-8(1-3-13-4-2-8)11-7-9-6-10-11/h6-7,12H,1-5H2. The summed E-state index contributed by atoms with van der Waals surface area (Å²) in [4.78, 5) is 3.92. The fourth-order valence-electron chi connectivity index (χ4n) is 1.66. The zero-order valence-corrected chi connectivity index (χ0v) is 8.20. The quantitative estimate of drug-likeness (QED) is 0.753. The van der Waals surface area contributed by atoms with Gasteiger partial charge in [0.05, 0.1) is 12.1 Å². The van der Waals surface area contributed by atoms with Gasteiger partial charge in [0.15, 0.2) is 0 Å². The topological polar surface area (TPSA) is 50.9 Å². The van der Waals surface area contributed by atoms with Crippen LogP contribution in [-0.2, 0) is 5.54 Å². The van der Waals surface area contributed by atoms with Gasteiger partial charge in [-0.3, -0.25) is 0 Å². The van der Waals surface area contributed by atoms with Gasteiger partial charge in [0.2, 0.25) is 0 Å².